The number of halogens is 1. The normalized spacial score (nSPS) is 18.2. The van der Waals surface area contributed by atoms with Gasteiger partial charge in [-0.05, 0) is 44.4 Å². The Hall–Kier alpha value is -1.44. The standard InChI is InChI=1S/C17H18ClN3O3S3/c1-10-11(2)25-17(12(10)9-19)20-16(22)13-5-3-4-8-21(13)27(23,24)15-7-6-14(18)26-15/h6-7,13H,3-5,8H2,1-2H3,(H,20,22). The number of rotatable bonds is 4. The molecule has 27 heavy (non-hydrogen) atoms. The third kappa shape index (κ3) is 3.91. The lowest BCUT2D eigenvalue weighted by Crippen LogP contribution is -2.49. The summed E-state index contributed by atoms with van der Waals surface area (Å²) in [6.45, 7) is 4.00. The smallest absolute Gasteiger partial charge is 0.253 e. The highest BCUT2D eigenvalue weighted by atomic mass is 35.5. The van der Waals surface area contributed by atoms with Gasteiger partial charge in [-0.1, -0.05) is 18.0 Å². The van der Waals surface area contributed by atoms with E-state index >= 15 is 0 Å². The minimum atomic E-state index is -3.80. The minimum absolute atomic E-state index is 0.132. The van der Waals surface area contributed by atoms with Gasteiger partial charge in [0.25, 0.3) is 10.0 Å². The summed E-state index contributed by atoms with van der Waals surface area (Å²) in [5.41, 5.74) is 1.26. The molecule has 2 aromatic heterocycles. The second kappa shape index (κ2) is 7.89. The maximum Gasteiger partial charge on any atom is 0.253 e. The zero-order valence-corrected chi connectivity index (χ0v) is 18.0. The van der Waals surface area contributed by atoms with Crippen molar-refractivity contribution in [2.75, 3.05) is 11.9 Å². The van der Waals surface area contributed by atoms with Crippen LogP contribution in [0.4, 0.5) is 5.00 Å². The highest BCUT2D eigenvalue weighted by Crippen LogP contribution is 2.34. The van der Waals surface area contributed by atoms with Crippen molar-refractivity contribution in [3.8, 4) is 6.07 Å². The third-order valence-corrected chi connectivity index (χ3v) is 9.33. The van der Waals surface area contributed by atoms with Gasteiger partial charge in [-0.15, -0.1) is 22.7 Å². The fraction of sp³-hybridized carbons (Fsp3) is 0.412. The van der Waals surface area contributed by atoms with E-state index in [0.29, 0.717) is 27.7 Å². The van der Waals surface area contributed by atoms with Crippen LogP contribution in [0.1, 0.15) is 35.3 Å². The first-order valence-corrected chi connectivity index (χ1v) is 11.8. The first-order chi connectivity index (χ1) is 12.8. The molecule has 1 amide bonds. The average Bonchev–Trinajstić information content (AvgIpc) is 3.19. The molecule has 1 aliphatic rings. The lowest BCUT2D eigenvalue weighted by Gasteiger charge is -2.33. The van der Waals surface area contributed by atoms with E-state index in [9.17, 15) is 18.5 Å². The minimum Gasteiger partial charge on any atom is -0.315 e. The van der Waals surface area contributed by atoms with Crippen LogP contribution in [0.25, 0.3) is 0 Å². The molecule has 1 fully saturated rings. The molecule has 3 heterocycles. The molecule has 1 N–H and O–H groups in total. The van der Waals surface area contributed by atoms with E-state index in [0.717, 1.165) is 28.2 Å². The molecule has 1 atom stereocenters. The van der Waals surface area contributed by atoms with Crippen molar-refractivity contribution >= 4 is 55.2 Å². The van der Waals surface area contributed by atoms with Crippen LogP contribution in [-0.2, 0) is 14.8 Å². The van der Waals surface area contributed by atoms with Crippen molar-refractivity contribution in [3.05, 3.63) is 32.5 Å². The molecule has 144 valence electrons. The zero-order chi connectivity index (χ0) is 19.8. The van der Waals surface area contributed by atoms with Gasteiger partial charge in [0.15, 0.2) is 0 Å². The van der Waals surface area contributed by atoms with Gasteiger partial charge in [-0.3, -0.25) is 4.79 Å². The van der Waals surface area contributed by atoms with E-state index in [1.54, 1.807) is 0 Å². The number of nitriles is 1. The number of thiophene rings is 2. The van der Waals surface area contributed by atoms with Crippen molar-refractivity contribution in [3.63, 3.8) is 0 Å². The molecule has 0 spiro atoms. The Kier molecular flexibility index (Phi) is 5.93. The molecule has 0 aromatic carbocycles. The summed E-state index contributed by atoms with van der Waals surface area (Å²) in [7, 11) is -3.80. The molecular formula is C17H18ClN3O3S3. The van der Waals surface area contributed by atoms with Gasteiger partial charge in [0.2, 0.25) is 5.91 Å². The van der Waals surface area contributed by atoms with E-state index in [1.807, 2.05) is 13.8 Å². The Morgan fingerprint density at radius 3 is 2.70 bits per heavy atom. The van der Waals surface area contributed by atoms with Crippen LogP contribution in [-0.4, -0.2) is 31.2 Å². The van der Waals surface area contributed by atoms with Crippen LogP contribution < -0.4 is 5.32 Å². The Bertz CT molecular complexity index is 1020. The number of sulfonamides is 1. The SMILES string of the molecule is Cc1sc(NC(=O)C2CCCCN2S(=O)(=O)c2ccc(Cl)s2)c(C#N)c1C. The fourth-order valence-corrected chi connectivity index (χ4v) is 7.33. The monoisotopic (exact) mass is 443 g/mol. The predicted octanol–water partition coefficient (Wildman–Crippen LogP) is 4.13. The molecule has 0 radical (unpaired) electrons. The van der Waals surface area contributed by atoms with Crippen LogP contribution in [0.3, 0.4) is 0 Å². The predicted molar refractivity (Wildman–Crippen MR) is 108 cm³/mol. The number of amides is 1. The van der Waals surface area contributed by atoms with Crippen molar-refractivity contribution < 1.29 is 13.2 Å². The number of anilines is 1. The van der Waals surface area contributed by atoms with Crippen molar-refractivity contribution in [1.29, 1.82) is 5.26 Å². The van der Waals surface area contributed by atoms with Gasteiger partial charge in [-0.2, -0.15) is 9.57 Å². The van der Waals surface area contributed by atoms with E-state index < -0.39 is 22.0 Å². The number of carbonyl (C=O) groups excluding carboxylic acids is 1. The Morgan fingerprint density at radius 2 is 2.07 bits per heavy atom. The summed E-state index contributed by atoms with van der Waals surface area (Å²) < 4.78 is 27.8. The number of nitrogens with zero attached hydrogens (tertiary/aromatic N) is 2. The first kappa shape index (κ1) is 20.3. The number of hydrogen-bond acceptors (Lipinski definition) is 6. The average molecular weight is 444 g/mol. The fourth-order valence-electron chi connectivity index (χ4n) is 3.05. The highest BCUT2D eigenvalue weighted by Gasteiger charge is 2.38. The zero-order valence-electron chi connectivity index (χ0n) is 14.8. The molecule has 10 heteroatoms. The lowest BCUT2D eigenvalue weighted by atomic mass is 10.0. The Balaban J connectivity index is 1.89. The van der Waals surface area contributed by atoms with E-state index in [-0.39, 0.29) is 10.8 Å². The van der Waals surface area contributed by atoms with Crippen molar-refractivity contribution in [2.45, 2.75) is 43.4 Å². The van der Waals surface area contributed by atoms with Gasteiger partial charge < -0.3 is 5.32 Å². The van der Waals surface area contributed by atoms with Crippen LogP contribution in [0.2, 0.25) is 4.34 Å². The summed E-state index contributed by atoms with van der Waals surface area (Å²) in [6, 6.07) is 4.31. The molecule has 1 aliphatic heterocycles. The second-order valence-electron chi connectivity index (χ2n) is 6.27. The van der Waals surface area contributed by atoms with Crippen molar-refractivity contribution in [1.82, 2.24) is 4.31 Å². The molecule has 0 aliphatic carbocycles. The number of nitrogens with one attached hydrogen (secondary N) is 1. The van der Waals surface area contributed by atoms with Gasteiger partial charge in [0.05, 0.1) is 9.90 Å². The van der Waals surface area contributed by atoms with Crippen LogP contribution in [0.15, 0.2) is 16.3 Å². The summed E-state index contributed by atoms with van der Waals surface area (Å²) in [5.74, 6) is -0.404. The molecular weight excluding hydrogens is 426 g/mol. The number of hydrogen-bond donors (Lipinski definition) is 1. The Labute approximate surface area is 171 Å². The maximum atomic E-state index is 13.0. The van der Waals surface area contributed by atoms with Gasteiger partial charge in [-0.25, -0.2) is 8.42 Å². The topological polar surface area (TPSA) is 90.3 Å². The molecule has 3 rings (SSSR count). The lowest BCUT2D eigenvalue weighted by molar-refractivity contribution is -0.120. The molecule has 2 aromatic rings. The largest absolute Gasteiger partial charge is 0.315 e. The molecule has 1 unspecified atom stereocenters. The summed E-state index contributed by atoms with van der Waals surface area (Å²) in [4.78, 5) is 13.9. The number of carbonyl (C=O) groups is 1. The van der Waals surface area contributed by atoms with Gasteiger partial charge in [0, 0.05) is 11.4 Å². The number of aryl methyl sites for hydroxylation is 1. The van der Waals surface area contributed by atoms with Gasteiger partial charge in [0.1, 0.15) is 21.3 Å². The van der Waals surface area contributed by atoms with Crippen LogP contribution >= 0.6 is 34.3 Å². The summed E-state index contributed by atoms with van der Waals surface area (Å²) in [6.07, 6.45) is 1.90. The first-order valence-electron chi connectivity index (χ1n) is 8.34. The molecule has 1 saturated heterocycles. The van der Waals surface area contributed by atoms with E-state index in [2.05, 4.69) is 11.4 Å². The maximum absolute atomic E-state index is 13.0. The third-order valence-electron chi connectivity index (χ3n) is 4.60. The molecule has 0 bridgehead atoms. The van der Waals surface area contributed by atoms with Gasteiger partial charge >= 0.3 is 0 Å². The van der Waals surface area contributed by atoms with Crippen LogP contribution in [0.5, 0.6) is 0 Å². The molecule has 6 nitrogen and oxygen atoms in total. The van der Waals surface area contributed by atoms with Crippen molar-refractivity contribution in [2.24, 2.45) is 0 Å². The molecule has 0 saturated carbocycles. The summed E-state index contributed by atoms with van der Waals surface area (Å²) in [5, 5.41) is 12.6. The Morgan fingerprint density at radius 1 is 1.33 bits per heavy atom. The van der Waals surface area contributed by atoms with E-state index in [1.165, 1.54) is 27.8 Å². The second-order valence-corrected chi connectivity index (χ2v) is 11.3. The van der Waals surface area contributed by atoms with E-state index in [4.69, 9.17) is 11.6 Å². The number of piperidine rings is 1. The quantitative estimate of drug-likeness (QED) is 0.768. The van der Waals surface area contributed by atoms with Crippen LogP contribution in [0, 0.1) is 25.2 Å². The summed E-state index contributed by atoms with van der Waals surface area (Å²) >= 11 is 8.20. The highest BCUT2D eigenvalue weighted by molar-refractivity contribution is 7.91.